The van der Waals surface area contributed by atoms with E-state index in [9.17, 15) is 9.90 Å². The van der Waals surface area contributed by atoms with Crippen LogP contribution in [0, 0.1) is 0 Å². The fourth-order valence-corrected chi connectivity index (χ4v) is 2.04. The normalized spacial score (nSPS) is 14.1. The molecule has 0 bridgehead atoms. The SMILES string of the molecule is CC(=O)OC[C@@](O)(CI)CCc1ccccc1. The highest BCUT2D eigenvalue weighted by Gasteiger charge is 2.26. The zero-order valence-electron chi connectivity index (χ0n) is 9.86. The van der Waals surface area contributed by atoms with Gasteiger partial charge in [-0.05, 0) is 18.4 Å². The van der Waals surface area contributed by atoms with E-state index in [4.69, 9.17) is 4.74 Å². The summed E-state index contributed by atoms with van der Waals surface area (Å²) in [6.07, 6.45) is 1.37. The lowest BCUT2D eigenvalue weighted by molar-refractivity contribution is -0.147. The second-order valence-electron chi connectivity index (χ2n) is 4.12. The summed E-state index contributed by atoms with van der Waals surface area (Å²) in [4.78, 5) is 10.7. The molecule has 1 N–H and O–H groups in total. The number of aryl methyl sites for hydroxylation is 1. The predicted octanol–water partition coefficient (Wildman–Crippen LogP) is 2.35. The Kier molecular flexibility index (Phi) is 5.91. The zero-order valence-corrected chi connectivity index (χ0v) is 12.0. The molecule has 0 fully saturated rings. The minimum Gasteiger partial charge on any atom is -0.463 e. The van der Waals surface area contributed by atoms with Gasteiger partial charge in [0, 0.05) is 11.4 Å². The molecular formula is C13H17IO3. The number of alkyl halides is 1. The molecule has 94 valence electrons. The summed E-state index contributed by atoms with van der Waals surface area (Å²) < 4.78 is 5.44. The van der Waals surface area contributed by atoms with Gasteiger partial charge in [0.1, 0.15) is 12.2 Å². The van der Waals surface area contributed by atoms with Crippen LogP contribution in [0.3, 0.4) is 0 Å². The van der Waals surface area contributed by atoms with E-state index in [2.05, 4.69) is 22.6 Å². The first-order valence-corrected chi connectivity index (χ1v) is 7.04. The zero-order chi connectivity index (χ0) is 12.7. The number of carbonyl (C=O) groups excluding carboxylic acids is 1. The Hall–Kier alpha value is -0.620. The minimum atomic E-state index is -0.929. The van der Waals surface area contributed by atoms with E-state index in [-0.39, 0.29) is 12.6 Å². The average Bonchev–Trinajstić information content (AvgIpc) is 2.35. The van der Waals surface area contributed by atoms with Gasteiger partial charge in [-0.3, -0.25) is 4.79 Å². The van der Waals surface area contributed by atoms with E-state index in [0.29, 0.717) is 10.8 Å². The van der Waals surface area contributed by atoms with Crippen LogP contribution in [0.2, 0.25) is 0 Å². The minimum absolute atomic E-state index is 0.0676. The molecule has 0 radical (unpaired) electrons. The number of hydrogen-bond donors (Lipinski definition) is 1. The lowest BCUT2D eigenvalue weighted by Crippen LogP contribution is -2.37. The van der Waals surface area contributed by atoms with Crippen molar-refractivity contribution in [2.45, 2.75) is 25.4 Å². The van der Waals surface area contributed by atoms with Crippen molar-refractivity contribution < 1.29 is 14.6 Å². The Bertz CT molecular complexity index is 353. The molecule has 0 aliphatic carbocycles. The van der Waals surface area contributed by atoms with Crippen LogP contribution >= 0.6 is 22.6 Å². The summed E-state index contributed by atoms with van der Waals surface area (Å²) in [7, 11) is 0. The number of carbonyl (C=O) groups is 1. The van der Waals surface area contributed by atoms with Gasteiger partial charge in [-0.25, -0.2) is 0 Å². The Morgan fingerprint density at radius 1 is 1.41 bits per heavy atom. The third-order valence-electron chi connectivity index (χ3n) is 2.51. The lowest BCUT2D eigenvalue weighted by Gasteiger charge is -2.25. The quantitative estimate of drug-likeness (QED) is 0.488. The van der Waals surface area contributed by atoms with Crippen LogP contribution in [-0.2, 0) is 16.0 Å². The monoisotopic (exact) mass is 348 g/mol. The lowest BCUT2D eigenvalue weighted by atomic mass is 9.98. The largest absolute Gasteiger partial charge is 0.463 e. The Balaban J connectivity index is 2.48. The molecule has 3 nitrogen and oxygen atoms in total. The van der Waals surface area contributed by atoms with E-state index < -0.39 is 5.60 Å². The molecule has 4 heteroatoms. The molecule has 17 heavy (non-hydrogen) atoms. The van der Waals surface area contributed by atoms with Crippen molar-refractivity contribution in [1.82, 2.24) is 0 Å². The molecule has 0 aromatic heterocycles. The van der Waals surface area contributed by atoms with E-state index in [1.54, 1.807) is 0 Å². The molecule has 0 aliphatic heterocycles. The van der Waals surface area contributed by atoms with Crippen molar-refractivity contribution in [2.75, 3.05) is 11.0 Å². The van der Waals surface area contributed by atoms with Gasteiger partial charge in [-0.15, -0.1) is 0 Å². The molecule has 0 amide bonds. The van der Waals surface area contributed by atoms with Crippen molar-refractivity contribution >= 4 is 28.6 Å². The van der Waals surface area contributed by atoms with E-state index >= 15 is 0 Å². The summed E-state index contributed by atoms with van der Waals surface area (Å²) >= 11 is 2.11. The maximum atomic E-state index is 10.7. The van der Waals surface area contributed by atoms with Gasteiger partial charge in [0.2, 0.25) is 0 Å². The number of halogens is 1. The van der Waals surface area contributed by atoms with Gasteiger partial charge < -0.3 is 9.84 Å². The van der Waals surface area contributed by atoms with Gasteiger partial charge in [0.15, 0.2) is 0 Å². The van der Waals surface area contributed by atoms with Crippen LogP contribution in [0.4, 0.5) is 0 Å². The molecule has 1 aromatic rings. The van der Waals surface area contributed by atoms with Crippen LogP contribution in [0.1, 0.15) is 18.9 Å². The highest BCUT2D eigenvalue weighted by atomic mass is 127. The maximum Gasteiger partial charge on any atom is 0.302 e. The molecule has 0 heterocycles. The fraction of sp³-hybridized carbons (Fsp3) is 0.462. The molecule has 0 saturated heterocycles. The topological polar surface area (TPSA) is 46.5 Å². The predicted molar refractivity (Wildman–Crippen MR) is 75.2 cm³/mol. The van der Waals surface area contributed by atoms with Crippen LogP contribution in [-0.4, -0.2) is 27.7 Å². The van der Waals surface area contributed by atoms with E-state index in [1.165, 1.54) is 12.5 Å². The van der Waals surface area contributed by atoms with Crippen LogP contribution < -0.4 is 0 Å². The average molecular weight is 348 g/mol. The van der Waals surface area contributed by atoms with Crippen molar-refractivity contribution in [3.63, 3.8) is 0 Å². The number of aliphatic hydroxyl groups is 1. The van der Waals surface area contributed by atoms with Gasteiger partial charge in [0.05, 0.1) is 0 Å². The van der Waals surface area contributed by atoms with Crippen LogP contribution in [0.15, 0.2) is 30.3 Å². The fourth-order valence-electron chi connectivity index (χ4n) is 1.44. The van der Waals surface area contributed by atoms with Gasteiger partial charge in [-0.1, -0.05) is 52.9 Å². The van der Waals surface area contributed by atoms with Gasteiger partial charge in [0.25, 0.3) is 0 Å². The molecule has 0 aliphatic rings. The van der Waals surface area contributed by atoms with Crippen LogP contribution in [0.5, 0.6) is 0 Å². The molecule has 0 unspecified atom stereocenters. The molecule has 0 saturated carbocycles. The summed E-state index contributed by atoms with van der Waals surface area (Å²) in [5.74, 6) is -0.354. The first kappa shape index (κ1) is 14.4. The molecule has 1 aromatic carbocycles. The number of ether oxygens (including phenoxy) is 1. The Labute approximate surface area is 115 Å². The molecule has 0 spiro atoms. The third-order valence-corrected chi connectivity index (χ3v) is 3.93. The van der Waals surface area contributed by atoms with Crippen molar-refractivity contribution in [1.29, 1.82) is 0 Å². The standard InChI is InChI=1S/C13H17IO3/c1-11(15)17-10-13(16,9-14)8-7-12-5-3-2-4-6-12/h2-6,16H,7-10H2,1H3/t13-/m0/s1. The van der Waals surface area contributed by atoms with Crippen LogP contribution in [0.25, 0.3) is 0 Å². The second-order valence-corrected chi connectivity index (χ2v) is 4.89. The Morgan fingerprint density at radius 2 is 2.06 bits per heavy atom. The van der Waals surface area contributed by atoms with Crippen molar-refractivity contribution in [3.8, 4) is 0 Å². The summed E-state index contributed by atoms with van der Waals surface area (Å²) in [6, 6.07) is 9.97. The number of rotatable bonds is 6. The number of benzene rings is 1. The van der Waals surface area contributed by atoms with Crippen molar-refractivity contribution in [3.05, 3.63) is 35.9 Å². The van der Waals surface area contributed by atoms with E-state index in [0.717, 1.165) is 6.42 Å². The van der Waals surface area contributed by atoms with Gasteiger partial charge >= 0.3 is 5.97 Å². The van der Waals surface area contributed by atoms with E-state index in [1.807, 2.05) is 30.3 Å². The molecular weight excluding hydrogens is 331 g/mol. The summed E-state index contributed by atoms with van der Waals surface area (Å²) in [6.45, 7) is 1.42. The summed E-state index contributed by atoms with van der Waals surface area (Å²) in [5, 5.41) is 10.2. The maximum absolute atomic E-state index is 10.7. The first-order valence-electron chi connectivity index (χ1n) is 5.51. The molecule has 1 atom stereocenters. The van der Waals surface area contributed by atoms with Gasteiger partial charge in [-0.2, -0.15) is 0 Å². The second kappa shape index (κ2) is 6.96. The highest BCUT2D eigenvalue weighted by Crippen LogP contribution is 2.18. The summed E-state index contributed by atoms with van der Waals surface area (Å²) in [5.41, 5.74) is 0.251. The number of esters is 1. The van der Waals surface area contributed by atoms with Crippen molar-refractivity contribution in [2.24, 2.45) is 0 Å². The first-order chi connectivity index (χ1) is 8.06. The Morgan fingerprint density at radius 3 is 2.59 bits per heavy atom. The smallest absolute Gasteiger partial charge is 0.302 e. The highest BCUT2D eigenvalue weighted by molar-refractivity contribution is 14.1. The molecule has 1 rings (SSSR count). The third kappa shape index (κ3) is 5.50. The number of hydrogen-bond acceptors (Lipinski definition) is 3.